The van der Waals surface area contributed by atoms with E-state index < -0.39 is 53.1 Å². The number of nitrogens with two attached hydrogens (primary N) is 1. The van der Waals surface area contributed by atoms with E-state index >= 15 is 0 Å². The Kier molecular flexibility index (Phi) is 12.2. The molecular weight excluding hydrogens is 494 g/mol. The second kappa shape index (κ2) is 14.1. The minimum absolute atomic E-state index is 0.0507. The Labute approximate surface area is 225 Å². The summed E-state index contributed by atoms with van der Waals surface area (Å²) in [7, 11) is 0. The van der Waals surface area contributed by atoms with Gasteiger partial charge >= 0.3 is 24.1 Å². The normalized spacial score (nSPS) is 14.1. The highest BCUT2D eigenvalue weighted by atomic mass is 16.7. The van der Waals surface area contributed by atoms with Crippen molar-refractivity contribution in [3.05, 3.63) is 23.8 Å². The average molecular weight is 538 g/mol. The Bertz CT molecular complexity index is 987. The number of benzene rings is 1. The smallest absolute Gasteiger partial charge is 0.458 e. The van der Waals surface area contributed by atoms with Crippen LogP contribution in [0.2, 0.25) is 0 Å². The molecule has 0 saturated heterocycles. The molecule has 10 nitrogen and oxygen atoms in total. The van der Waals surface area contributed by atoms with Crippen molar-refractivity contribution in [3.8, 4) is 11.5 Å². The van der Waals surface area contributed by atoms with Crippen LogP contribution in [0.4, 0.5) is 4.79 Å². The van der Waals surface area contributed by atoms with Crippen LogP contribution in [-0.2, 0) is 35.0 Å². The van der Waals surface area contributed by atoms with Crippen molar-refractivity contribution in [2.45, 2.75) is 99.8 Å². The minimum atomic E-state index is -1.06. The third-order valence-corrected chi connectivity index (χ3v) is 6.55. The van der Waals surface area contributed by atoms with Crippen molar-refractivity contribution in [1.29, 1.82) is 0 Å². The van der Waals surface area contributed by atoms with Crippen molar-refractivity contribution in [2.75, 3.05) is 6.61 Å². The number of rotatable bonds is 13. The molecule has 0 aliphatic carbocycles. The lowest BCUT2D eigenvalue weighted by Gasteiger charge is -2.24. The molecule has 38 heavy (non-hydrogen) atoms. The molecule has 2 N–H and O–H groups in total. The van der Waals surface area contributed by atoms with E-state index in [1.807, 2.05) is 13.8 Å². The molecule has 0 fully saturated rings. The Hall–Kier alpha value is -3.14. The van der Waals surface area contributed by atoms with E-state index in [1.165, 1.54) is 12.1 Å². The minimum Gasteiger partial charge on any atom is -0.458 e. The van der Waals surface area contributed by atoms with Crippen LogP contribution in [0.5, 0.6) is 11.5 Å². The summed E-state index contributed by atoms with van der Waals surface area (Å²) in [4.78, 5) is 49.6. The Morgan fingerprint density at radius 3 is 1.82 bits per heavy atom. The number of ether oxygens (including phenoxy) is 5. The maximum absolute atomic E-state index is 12.8. The van der Waals surface area contributed by atoms with E-state index in [0.717, 1.165) is 0 Å². The molecule has 0 bridgehead atoms. The average Bonchev–Trinajstić information content (AvgIpc) is 2.85. The van der Waals surface area contributed by atoms with Crippen LogP contribution in [0.3, 0.4) is 0 Å². The molecule has 0 spiro atoms. The van der Waals surface area contributed by atoms with Crippen LogP contribution < -0.4 is 15.2 Å². The number of hydrogen-bond acceptors (Lipinski definition) is 10. The summed E-state index contributed by atoms with van der Waals surface area (Å²) in [5, 5.41) is 0. The highest BCUT2D eigenvalue weighted by Crippen LogP contribution is 2.34. The number of carbonyl (C=O) groups excluding carboxylic acids is 4. The van der Waals surface area contributed by atoms with Crippen molar-refractivity contribution >= 4 is 24.1 Å². The fraction of sp³-hybridized carbons (Fsp3) is 0.643. The first-order valence-electron chi connectivity index (χ1n) is 12.9. The van der Waals surface area contributed by atoms with Gasteiger partial charge in [-0.15, -0.1) is 0 Å². The van der Waals surface area contributed by atoms with E-state index in [4.69, 9.17) is 29.4 Å². The van der Waals surface area contributed by atoms with Gasteiger partial charge in [-0.2, -0.15) is 0 Å². The molecule has 1 rings (SSSR count). The van der Waals surface area contributed by atoms with Gasteiger partial charge < -0.3 is 29.4 Å². The maximum Gasteiger partial charge on any atom is 0.508 e. The van der Waals surface area contributed by atoms with Gasteiger partial charge in [0, 0.05) is 0 Å². The van der Waals surface area contributed by atoms with Crippen LogP contribution >= 0.6 is 0 Å². The summed E-state index contributed by atoms with van der Waals surface area (Å²) < 4.78 is 26.4. The monoisotopic (exact) mass is 537 g/mol. The first kappa shape index (κ1) is 32.9. The molecule has 1 aromatic carbocycles. The lowest BCUT2D eigenvalue weighted by atomic mass is 9.90. The van der Waals surface area contributed by atoms with Crippen LogP contribution in [0.15, 0.2) is 18.2 Å². The van der Waals surface area contributed by atoms with Gasteiger partial charge in [0.2, 0.25) is 0 Å². The molecule has 10 heteroatoms. The van der Waals surface area contributed by atoms with E-state index in [2.05, 4.69) is 0 Å². The van der Waals surface area contributed by atoms with Crippen LogP contribution in [0.25, 0.3) is 0 Å². The van der Waals surface area contributed by atoms with Crippen molar-refractivity contribution in [2.24, 2.45) is 16.6 Å². The maximum atomic E-state index is 12.8. The van der Waals surface area contributed by atoms with Crippen LogP contribution in [0, 0.1) is 10.8 Å². The Balaban J connectivity index is 3.08. The van der Waals surface area contributed by atoms with Gasteiger partial charge in [0.25, 0.3) is 0 Å². The Morgan fingerprint density at radius 2 is 1.32 bits per heavy atom. The lowest BCUT2D eigenvalue weighted by molar-refractivity contribution is -0.155. The van der Waals surface area contributed by atoms with E-state index in [-0.39, 0.29) is 24.5 Å². The zero-order valence-electron chi connectivity index (χ0n) is 24.0. The largest absolute Gasteiger partial charge is 0.508 e. The first-order valence-corrected chi connectivity index (χ1v) is 12.9. The van der Waals surface area contributed by atoms with Gasteiger partial charge in [-0.25, -0.2) is 4.79 Å². The molecule has 0 amide bonds. The molecule has 0 unspecified atom stereocenters. The van der Waals surface area contributed by atoms with Gasteiger partial charge in [0.05, 0.1) is 17.4 Å². The van der Waals surface area contributed by atoms with Gasteiger partial charge in [-0.1, -0.05) is 19.9 Å². The molecule has 3 atom stereocenters. The van der Waals surface area contributed by atoms with E-state index in [1.54, 1.807) is 54.5 Å². The summed E-state index contributed by atoms with van der Waals surface area (Å²) in [5.41, 5.74) is 5.14. The number of hydrogen-bond donors (Lipinski definition) is 1. The summed E-state index contributed by atoms with van der Waals surface area (Å²) in [5.74, 6) is -1.51. The van der Waals surface area contributed by atoms with E-state index in [0.29, 0.717) is 18.4 Å². The predicted molar refractivity (Wildman–Crippen MR) is 141 cm³/mol. The molecule has 0 radical (unpaired) electrons. The number of esters is 3. The van der Waals surface area contributed by atoms with Gasteiger partial charge in [0.1, 0.15) is 18.2 Å². The molecule has 0 aromatic heterocycles. The molecule has 214 valence electrons. The summed E-state index contributed by atoms with van der Waals surface area (Å²) >= 11 is 0. The SMILES string of the molecule is CCOC(=O)O[C@@H](C)[C@H](C)OC(=O)[C@@H](N)Cc1ccc(OC(=O)C(C)(C)CC)c(OC(=O)C(C)(C)CC)c1. The molecule has 1 aromatic rings. The zero-order chi connectivity index (χ0) is 29.3. The van der Waals surface area contributed by atoms with Crippen LogP contribution in [-0.4, -0.2) is 48.9 Å². The molecular formula is C28H43NO9. The third-order valence-electron chi connectivity index (χ3n) is 6.55. The fourth-order valence-electron chi connectivity index (χ4n) is 2.71. The molecule has 0 heterocycles. The predicted octanol–water partition coefficient (Wildman–Crippen LogP) is 4.73. The molecule has 0 saturated carbocycles. The van der Waals surface area contributed by atoms with Crippen LogP contribution in [0.1, 0.15) is 80.7 Å². The zero-order valence-corrected chi connectivity index (χ0v) is 24.0. The number of carbonyl (C=O) groups is 4. The summed E-state index contributed by atoms with van der Waals surface area (Å²) in [6, 6.07) is 3.60. The fourth-order valence-corrected chi connectivity index (χ4v) is 2.71. The second-order valence-electron chi connectivity index (χ2n) is 10.5. The first-order chi connectivity index (χ1) is 17.6. The van der Waals surface area contributed by atoms with Crippen molar-refractivity contribution < 1.29 is 42.9 Å². The van der Waals surface area contributed by atoms with Crippen molar-refractivity contribution in [3.63, 3.8) is 0 Å². The Morgan fingerprint density at radius 1 is 0.816 bits per heavy atom. The highest BCUT2D eigenvalue weighted by molar-refractivity contribution is 5.81. The third kappa shape index (κ3) is 9.63. The van der Waals surface area contributed by atoms with Gasteiger partial charge in [-0.05, 0) is 85.4 Å². The standard InChI is InChI=1S/C28H43NO9/c1-10-27(6,7)24(31)37-21-14-13-19(16-22(21)38-25(32)28(8,9)11-2)15-20(29)23(30)35-17(4)18(5)36-26(33)34-12-3/h13-14,16-18,20H,10-12,15,29H2,1-9H3/t17-,18-,20-/m0/s1. The lowest BCUT2D eigenvalue weighted by Crippen LogP contribution is -2.39. The molecule has 0 aliphatic heterocycles. The molecule has 0 aliphatic rings. The summed E-state index contributed by atoms with van der Waals surface area (Å²) in [6.45, 7) is 15.7. The van der Waals surface area contributed by atoms with E-state index in [9.17, 15) is 19.2 Å². The topological polar surface area (TPSA) is 140 Å². The van der Waals surface area contributed by atoms with Gasteiger partial charge in [-0.3, -0.25) is 14.4 Å². The summed E-state index contributed by atoms with van der Waals surface area (Å²) in [6.07, 6.45) is -1.23. The van der Waals surface area contributed by atoms with Gasteiger partial charge in [0.15, 0.2) is 11.5 Å². The van der Waals surface area contributed by atoms with Crippen molar-refractivity contribution in [1.82, 2.24) is 0 Å². The second-order valence-corrected chi connectivity index (χ2v) is 10.5. The highest BCUT2D eigenvalue weighted by Gasteiger charge is 2.32. The quantitative estimate of drug-likeness (QED) is 0.277.